The van der Waals surface area contributed by atoms with Gasteiger partial charge >= 0.3 is 5.69 Å². The molecule has 5 nitrogen and oxygen atoms in total. The number of rotatable bonds is 3. The van der Waals surface area contributed by atoms with E-state index in [4.69, 9.17) is 0 Å². The molecule has 0 aliphatic rings. The number of benzene rings is 1. The van der Waals surface area contributed by atoms with Crippen LogP contribution in [0.5, 0.6) is 0 Å². The number of nitrogens with zero attached hydrogens (tertiary/aromatic N) is 2. The molecule has 0 aliphatic heterocycles. The summed E-state index contributed by atoms with van der Waals surface area (Å²) >= 11 is 2.23. The minimum absolute atomic E-state index is 0.289. The number of nitrogens with one attached hydrogen (secondary N) is 1. The minimum atomic E-state index is -0.313. The van der Waals surface area contributed by atoms with Gasteiger partial charge in [-0.3, -0.25) is 13.9 Å². The van der Waals surface area contributed by atoms with Crippen LogP contribution in [0.25, 0.3) is 0 Å². The smallest absolute Gasteiger partial charge is 0.330 e. The summed E-state index contributed by atoms with van der Waals surface area (Å²) in [4.78, 5) is 23.4. The van der Waals surface area contributed by atoms with Crippen molar-refractivity contribution in [3.05, 3.63) is 60.4 Å². The van der Waals surface area contributed by atoms with Crippen LogP contribution in [0.15, 0.2) is 39.9 Å². The molecule has 0 unspecified atom stereocenters. The fourth-order valence-electron chi connectivity index (χ4n) is 1.74. The van der Waals surface area contributed by atoms with E-state index in [0.29, 0.717) is 12.2 Å². The first-order chi connectivity index (χ1) is 8.99. The molecule has 0 atom stereocenters. The first kappa shape index (κ1) is 13.9. The summed E-state index contributed by atoms with van der Waals surface area (Å²) in [5.41, 5.74) is 1.02. The fraction of sp³-hybridized carbons (Fsp3) is 0.231. The maximum Gasteiger partial charge on any atom is 0.330 e. The van der Waals surface area contributed by atoms with Crippen LogP contribution in [0.4, 0.5) is 5.69 Å². The topological polar surface area (TPSA) is 56.0 Å². The van der Waals surface area contributed by atoms with Crippen molar-refractivity contribution in [2.24, 2.45) is 14.1 Å². The molecule has 0 saturated carbocycles. The molecular formula is C13H14IN3O2. The molecular weight excluding hydrogens is 357 g/mol. The van der Waals surface area contributed by atoms with Gasteiger partial charge in [0.05, 0.1) is 6.54 Å². The van der Waals surface area contributed by atoms with Crippen LogP contribution in [0, 0.1) is 3.57 Å². The zero-order valence-corrected chi connectivity index (χ0v) is 12.8. The van der Waals surface area contributed by atoms with Crippen LogP contribution in [-0.4, -0.2) is 9.13 Å². The van der Waals surface area contributed by atoms with Crippen molar-refractivity contribution in [1.29, 1.82) is 0 Å². The molecule has 2 aromatic rings. The zero-order valence-electron chi connectivity index (χ0n) is 10.7. The Labute approximate surface area is 124 Å². The van der Waals surface area contributed by atoms with Crippen LogP contribution >= 0.6 is 22.6 Å². The number of hydrogen-bond acceptors (Lipinski definition) is 3. The Hall–Kier alpha value is -1.57. The summed E-state index contributed by atoms with van der Waals surface area (Å²) in [5, 5.41) is 3.20. The van der Waals surface area contributed by atoms with Gasteiger partial charge in [0, 0.05) is 35.1 Å². The maximum absolute atomic E-state index is 11.8. The molecule has 0 aliphatic carbocycles. The van der Waals surface area contributed by atoms with Gasteiger partial charge in [-0.15, -0.1) is 0 Å². The largest absolute Gasteiger partial charge is 0.379 e. The Kier molecular flexibility index (Phi) is 4.08. The van der Waals surface area contributed by atoms with Gasteiger partial charge in [0.2, 0.25) is 0 Å². The van der Waals surface area contributed by atoms with E-state index in [0.717, 1.165) is 13.8 Å². The Bertz CT molecular complexity index is 719. The van der Waals surface area contributed by atoms with Crippen molar-refractivity contribution in [1.82, 2.24) is 9.13 Å². The highest BCUT2D eigenvalue weighted by molar-refractivity contribution is 14.1. The fourth-order valence-corrected chi connectivity index (χ4v) is 2.28. The Morgan fingerprint density at radius 3 is 2.58 bits per heavy atom. The van der Waals surface area contributed by atoms with Crippen LogP contribution in [0.2, 0.25) is 0 Å². The second-order valence-corrected chi connectivity index (χ2v) is 5.48. The van der Waals surface area contributed by atoms with Gasteiger partial charge in [-0.2, -0.15) is 0 Å². The Balaban J connectivity index is 2.26. The quantitative estimate of drug-likeness (QED) is 0.828. The molecule has 100 valence electrons. The van der Waals surface area contributed by atoms with E-state index < -0.39 is 0 Å². The summed E-state index contributed by atoms with van der Waals surface area (Å²) in [6, 6.07) is 9.37. The number of aromatic nitrogens is 2. The third-order valence-corrected chi connectivity index (χ3v) is 3.59. The lowest BCUT2D eigenvalue weighted by Crippen LogP contribution is -2.38. The van der Waals surface area contributed by atoms with Crippen molar-refractivity contribution < 1.29 is 0 Å². The van der Waals surface area contributed by atoms with Crippen molar-refractivity contribution in [3.8, 4) is 0 Å². The molecule has 6 heteroatoms. The van der Waals surface area contributed by atoms with Crippen molar-refractivity contribution in [2.45, 2.75) is 6.54 Å². The minimum Gasteiger partial charge on any atom is -0.379 e. The van der Waals surface area contributed by atoms with Gasteiger partial charge in [0.15, 0.2) is 0 Å². The van der Waals surface area contributed by atoms with E-state index in [1.54, 1.807) is 7.05 Å². The lowest BCUT2D eigenvalue weighted by Gasteiger charge is -2.11. The highest BCUT2D eigenvalue weighted by Gasteiger charge is 2.05. The van der Waals surface area contributed by atoms with E-state index in [1.165, 1.54) is 17.7 Å². The molecule has 0 amide bonds. The normalized spacial score (nSPS) is 10.5. The van der Waals surface area contributed by atoms with Gasteiger partial charge in [-0.1, -0.05) is 6.07 Å². The summed E-state index contributed by atoms with van der Waals surface area (Å²) in [6.07, 6.45) is 0. The zero-order chi connectivity index (χ0) is 14.0. The molecule has 0 spiro atoms. The number of hydrogen-bond donors (Lipinski definition) is 1. The standard InChI is InChI=1S/C13H14IN3O2/c1-16-11(7-12(18)17(2)13(16)19)8-15-10-5-3-4-9(14)6-10/h3-7,15H,8H2,1-2H3. The molecule has 1 N–H and O–H groups in total. The molecule has 1 aromatic heterocycles. The molecule has 0 bridgehead atoms. The predicted octanol–water partition coefficient (Wildman–Crippen LogP) is 1.30. The van der Waals surface area contributed by atoms with Crippen molar-refractivity contribution >= 4 is 28.3 Å². The Morgan fingerprint density at radius 1 is 1.16 bits per heavy atom. The van der Waals surface area contributed by atoms with Gasteiger partial charge in [-0.25, -0.2) is 4.79 Å². The molecule has 0 saturated heterocycles. The first-order valence-electron chi connectivity index (χ1n) is 5.74. The molecule has 1 aromatic carbocycles. The summed E-state index contributed by atoms with van der Waals surface area (Å²) in [7, 11) is 3.13. The highest BCUT2D eigenvalue weighted by Crippen LogP contribution is 2.12. The maximum atomic E-state index is 11.8. The highest BCUT2D eigenvalue weighted by atomic mass is 127. The summed E-state index contributed by atoms with van der Waals surface area (Å²) < 4.78 is 3.69. The molecule has 0 radical (unpaired) electrons. The molecule has 19 heavy (non-hydrogen) atoms. The first-order valence-corrected chi connectivity index (χ1v) is 6.82. The van der Waals surface area contributed by atoms with Crippen LogP contribution in [0.3, 0.4) is 0 Å². The van der Waals surface area contributed by atoms with Crippen LogP contribution < -0.4 is 16.6 Å². The SMILES string of the molecule is Cn1c(CNc2cccc(I)c2)cc(=O)n(C)c1=O. The molecule has 0 fully saturated rings. The average molecular weight is 371 g/mol. The predicted molar refractivity (Wildman–Crippen MR) is 83.4 cm³/mol. The average Bonchev–Trinajstić information content (AvgIpc) is 2.39. The van der Waals surface area contributed by atoms with E-state index in [9.17, 15) is 9.59 Å². The monoisotopic (exact) mass is 371 g/mol. The molecule has 2 rings (SSSR count). The van der Waals surface area contributed by atoms with Crippen LogP contribution in [0.1, 0.15) is 5.69 Å². The van der Waals surface area contributed by atoms with E-state index in [2.05, 4.69) is 27.9 Å². The van der Waals surface area contributed by atoms with Crippen molar-refractivity contribution in [3.63, 3.8) is 0 Å². The Morgan fingerprint density at radius 2 is 1.89 bits per heavy atom. The third kappa shape index (κ3) is 3.06. The number of anilines is 1. The van der Waals surface area contributed by atoms with Gasteiger partial charge in [-0.05, 0) is 40.8 Å². The van der Waals surface area contributed by atoms with E-state index >= 15 is 0 Å². The summed E-state index contributed by atoms with van der Waals surface area (Å²) in [5.74, 6) is 0. The van der Waals surface area contributed by atoms with Gasteiger partial charge in [0.25, 0.3) is 5.56 Å². The third-order valence-electron chi connectivity index (χ3n) is 2.92. The second-order valence-electron chi connectivity index (χ2n) is 4.24. The lowest BCUT2D eigenvalue weighted by atomic mass is 10.3. The molecule has 1 heterocycles. The van der Waals surface area contributed by atoms with E-state index in [1.807, 2.05) is 24.3 Å². The van der Waals surface area contributed by atoms with Crippen molar-refractivity contribution in [2.75, 3.05) is 5.32 Å². The van der Waals surface area contributed by atoms with Crippen LogP contribution in [-0.2, 0) is 20.6 Å². The number of halogens is 1. The lowest BCUT2D eigenvalue weighted by molar-refractivity contribution is 0.655. The second kappa shape index (κ2) is 5.60. The van der Waals surface area contributed by atoms with E-state index in [-0.39, 0.29) is 11.2 Å². The van der Waals surface area contributed by atoms with Gasteiger partial charge in [0.1, 0.15) is 0 Å². The summed E-state index contributed by atoms with van der Waals surface area (Å²) in [6.45, 7) is 0.432. The van der Waals surface area contributed by atoms with Gasteiger partial charge < -0.3 is 5.32 Å².